The molecular weight excluding hydrogens is 448 g/mol. The van der Waals surface area contributed by atoms with Crippen molar-refractivity contribution in [2.24, 2.45) is 23.7 Å². The van der Waals surface area contributed by atoms with Gasteiger partial charge >= 0.3 is 5.97 Å². The third kappa shape index (κ3) is 4.51. The summed E-state index contributed by atoms with van der Waals surface area (Å²) >= 11 is 0. The molecule has 9 heteroatoms. The normalized spacial score (nSPS) is 26.8. The van der Waals surface area contributed by atoms with Gasteiger partial charge in [-0.3, -0.25) is 19.2 Å². The van der Waals surface area contributed by atoms with Crippen molar-refractivity contribution < 1.29 is 23.9 Å². The second kappa shape index (κ2) is 9.71. The average Bonchev–Trinajstić information content (AvgIpc) is 3.58. The highest BCUT2D eigenvalue weighted by molar-refractivity contribution is 6.00. The molecule has 3 aliphatic rings. The molecule has 3 heterocycles. The van der Waals surface area contributed by atoms with Crippen LogP contribution in [0.1, 0.15) is 49.0 Å². The van der Waals surface area contributed by atoms with Gasteiger partial charge in [-0.2, -0.15) is 0 Å². The molecule has 186 valence electrons. The first-order valence-corrected chi connectivity index (χ1v) is 12.5. The summed E-state index contributed by atoms with van der Waals surface area (Å²) in [5, 5.41) is 6.78. The van der Waals surface area contributed by atoms with Crippen molar-refractivity contribution in [2.75, 3.05) is 20.2 Å². The summed E-state index contributed by atoms with van der Waals surface area (Å²) in [6.45, 7) is 1.18. The van der Waals surface area contributed by atoms with Gasteiger partial charge in [0.2, 0.25) is 11.8 Å². The van der Waals surface area contributed by atoms with Crippen LogP contribution in [0.5, 0.6) is 0 Å². The number of para-hydroxylation sites is 1. The molecule has 0 bridgehead atoms. The molecule has 3 N–H and O–H groups in total. The van der Waals surface area contributed by atoms with E-state index in [1.54, 1.807) is 4.90 Å². The summed E-state index contributed by atoms with van der Waals surface area (Å²) in [5.41, 5.74) is 1.36. The number of ether oxygens (including phenoxy) is 1. The first kappa shape index (κ1) is 23.4. The smallest absolute Gasteiger partial charge is 0.318 e. The summed E-state index contributed by atoms with van der Waals surface area (Å²) in [4.78, 5) is 56.8. The van der Waals surface area contributed by atoms with E-state index in [0.29, 0.717) is 31.1 Å². The molecule has 3 amide bonds. The Bertz CT molecular complexity index is 1110. The topological polar surface area (TPSA) is 121 Å². The molecule has 35 heavy (non-hydrogen) atoms. The highest BCUT2D eigenvalue weighted by atomic mass is 16.5. The van der Waals surface area contributed by atoms with Crippen molar-refractivity contribution in [1.29, 1.82) is 0 Å². The lowest BCUT2D eigenvalue weighted by molar-refractivity contribution is -0.151. The third-order valence-corrected chi connectivity index (χ3v) is 7.92. The minimum Gasteiger partial charge on any atom is -0.468 e. The number of carbonyl (C=O) groups excluding carboxylic acids is 4. The van der Waals surface area contributed by atoms with Gasteiger partial charge in [0.05, 0.1) is 7.11 Å². The fraction of sp³-hybridized carbons (Fsp3) is 0.538. The summed E-state index contributed by atoms with van der Waals surface area (Å²) in [6, 6.07) is 9.54. The number of carbonyl (C=O) groups is 4. The van der Waals surface area contributed by atoms with Crippen LogP contribution >= 0.6 is 0 Å². The Kier molecular flexibility index (Phi) is 6.49. The predicted molar refractivity (Wildman–Crippen MR) is 128 cm³/mol. The van der Waals surface area contributed by atoms with E-state index < -0.39 is 29.9 Å². The number of hydrogen-bond donors (Lipinski definition) is 3. The van der Waals surface area contributed by atoms with E-state index in [-0.39, 0.29) is 24.2 Å². The number of piperidine rings is 1. The van der Waals surface area contributed by atoms with Gasteiger partial charge in [-0.05, 0) is 50.2 Å². The quantitative estimate of drug-likeness (QED) is 0.432. The minimum atomic E-state index is -1.10. The van der Waals surface area contributed by atoms with Gasteiger partial charge in [0.1, 0.15) is 17.8 Å². The third-order valence-electron chi connectivity index (χ3n) is 7.92. The van der Waals surface area contributed by atoms with Crippen LogP contribution in [0, 0.1) is 23.7 Å². The van der Waals surface area contributed by atoms with E-state index in [0.717, 1.165) is 36.6 Å². The van der Waals surface area contributed by atoms with Crippen LogP contribution in [-0.4, -0.2) is 59.9 Å². The number of nitrogens with one attached hydrogen (secondary N) is 3. The Balaban J connectivity index is 1.36. The Morgan fingerprint density at radius 3 is 2.77 bits per heavy atom. The molecule has 9 nitrogen and oxygen atoms in total. The zero-order chi connectivity index (χ0) is 24.5. The average molecular weight is 481 g/mol. The second-order valence-electron chi connectivity index (χ2n) is 9.98. The number of aromatic nitrogens is 1. The van der Waals surface area contributed by atoms with Gasteiger partial charge in [-0.15, -0.1) is 0 Å². The fourth-order valence-corrected chi connectivity index (χ4v) is 6.09. The Morgan fingerprint density at radius 2 is 2.00 bits per heavy atom. The molecule has 1 saturated carbocycles. The lowest BCUT2D eigenvalue weighted by atomic mass is 9.87. The van der Waals surface area contributed by atoms with E-state index >= 15 is 0 Å². The monoisotopic (exact) mass is 480 g/mol. The van der Waals surface area contributed by atoms with Crippen LogP contribution in [0.25, 0.3) is 10.9 Å². The molecule has 5 atom stereocenters. The number of hydrogen-bond acceptors (Lipinski definition) is 5. The summed E-state index contributed by atoms with van der Waals surface area (Å²) in [5.74, 6) is -2.49. The number of H-pyrrole nitrogens is 1. The summed E-state index contributed by atoms with van der Waals surface area (Å²) in [6.07, 6.45) is 4.02. The van der Waals surface area contributed by atoms with Gasteiger partial charge in [0, 0.05) is 35.8 Å². The lowest BCUT2D eigenvalue weighted by Gasteiger charge is -2.30. The fourth-order valence-electron chi connectivity index (χ4n) is 6.09. The van der Waals surface area contributed by atoms with Gasteiger partial charge < -0.3 is 25.3 Å². The van der Waals surface area contributed by atoms with Crippen molar-refractivity contribution >= 4 is 34.6 Å². The molecule has 0 unspecified atom stereocenters. The first-order valence-electron chi connectivity index (χ1n) is 12.5. The number of esters is 1. The van der Waals surface area contributed by atoms with Crippen LogP contribution in [0.15, 0.2) is 30.3 Å². The maximum Gasteiger partial charge on any atom is 0.318 e. The largest absolute Gasteiger partial charge is 0.468 e. The molecule has 2 saturated heterocycles. The van der Waals surface area contributed by atoms with Crippen LogP contribution < -0.4 is 10.6 Å². The van der Waals surface area contributed by atoms with Crippen LogP contribution in [0.3, 0.4) is 0 Å². The molecule has 0 spiro atoms. The highest BCUT2D eigenvalue weighted by Crippen LogP contribution is 2.42. The van der Waals surface area contributed by atoms with Gasteiger partial charge in [0.15, 0.2) is 0 Å². The molecule has 0 radical (unpaired) electrons. The molecule has 3 fully saturated rings. The van der Waals surface area contributed by atoms with E-state index in [9.17, 15) is 19.2 Å². The number of rotatable bonds is 6. The van der Waals surface area contributed by atoms with Crippen LogP contribution in [0.4, 0.5) is 0 Å². The summed E-state index contributed by atoms with van der Waals surface area (Å²) < 4.78 is 4.92. The zero-order valence-corrected chi connectivity index (χ0v) is 19.9. The number of nitrogens with zero attached hydrogens (tertiary/aromatic N) is 1. The van der Waals surface area contributed by atoms with Crippen molar-refractivity contribution in [3.8, 4) is 0 Å². The minimum absolute atomic E-state index is 0.0983. The number of fused-ring (bicyclic) bond motifs is 2. The van der Waals surface area contributed by atoms with E-state index in [1.165, 1.54) is 7.11 Å². The highest BCUT2D eigenvalue weighted by Gasteiger charge is 2.48. The molecule has 1 aromatic carbocycles. The van der Waals surface area contributed by atoms with E-state index in [1.807, 2.05) is 30.3 Å². The van der Waals surface area contributed by atoms with Gasteiger partial charge in [-0.1, -0.05) is 24.6 Å². The lowest BCUT2D eigenvalue weighted by Crippen LogP contribution is -2.53. The van der Waals surface area contributed by atoms with Gasteiger partial charge in [-0.25, -0.2) is 0 Å². The predicted octanol–water partition coefficient (Wildman–Crippen LogP) is 2.19. The maximum absolute atomic E-state index is 13.6. The second-order valence-corrected chi connectivity index (χ2v) is 9.98. The molecule has 5 rings (SSSR count). The SMILES string of the molecule is COC(=O)[C@@H](C[C@@H]1CCCNC1=O)C(=O)N[C@@H]1[C@H]2CCC[C@H]2CN1C(=O)c1cc2ccccc2[nH]1. The Morgan fingerprint density at radius 1 is 1.17 bits per heavy atom. The maximum atomic E-state index is 13.6. The van der Waals surface area contributed by atoms with Crippen molar-refractivity contribution in [3.05, 3.63) is 36.0 Å². The van der Waals surface area contributed by atoms with Crippen molar-refractivity contribution in [2.45, 2.75) is 44.7 Å². The van der Waals surface area contributed by atoms with Crippen molar-refractivity contribution in [1.82, 2.24) is 20.5 Å². The number of likely N-dealkylation sites (tertiary alicyclic amines) is 1. The van der Waals surface area contributed by atoms with Crippen LogP contribution in [-0.2, 0) is 19.1 Å². The van der Waals surface area contributed by atoms with Crippen LogP contribution in [0.2, 0.25) is 0 Å². The Hall–Kier alpha value is -3.36. The van der Waals surface area contributed by atoms with Gasteiger partial charge in [0.25, 0.3) is 5.91 Å². The zero-order valence-electron chi connectivity index (χ0n) is 19.9. The molecule has 1 aliphatic carbocycles. The molecule has 2 aliphatic heterocycles. The summed E-state index contributed by atoms with van der Waals surface area (Å²) in [7, 11) is 1.25. The molecular formula is C26H32N4O5. The van der Waals surface area contributed by atoms with Crippen molar-refractivity contribution in [3.63, 3.8) is 0 Å². The number of methoxy groups -OCH3 is 1. The van der Waals surface area contributed by atoms with E-state index in [4.69, 9.17) is 4.74 Å². The number of aromatic amines is 1. The first-order chi connectivity index (χ1) is 17.0. The van der Waals surface area contributed by atoms with E-state index in [2.05, 4.69) is 15.6 Å². The molecule has 2 aromatic rings. The number of amides is 3. The molecule has 1 aromatic heterocycles. The standard InChI is InChI=1S/C26H32N4O5/c1-35-26(34)19(12-16-8-5-11-27-23(16)31)24(32)29-22-18-9-4-7-17(18)14-30(22)25(33)21-13-15-6-2-3-10-20(15)28-21/h2-3,6,10,13,16-19,22,28H,4-5,7-9,11-12,14H2,1H3,(H,27,31)(H,29,32)/t16-,17-,18-,19-,22-/m0/s1. The Labute approximate surface area is 203 Å². The number of benzene rings is 1.